The second-order valence-electron chi connectivity index (χ2n) is 5.83. The van der Waals surface area contributed by atoms with Crippen molar-refractivity contribution < 1.29 is 14.3 Å². The number of carbonyl (C=O) groups is 2. The fourth-order valence-corrected chi connectivity index (χ4v) is 2.59. The van der Waals surface area contributed by atoms with Gasteiger partial charge in [0, 0.05) is 4.47 Å². The molecule has 0 radical (unpaired) electrons. The van der Waals surface area contributed by atoms with Crippen LogP contribution in [0.2, 0.25) is 0 Å². The van der Waals surface area contributed by atoms with E-state index in [-0.39, 0.29) is 5.91 Å². The maximum atomic E-state index is 12.2. The maximum absolute atomic E-state index is 12.2. The Balaban J connectivity index is 1.84. The minimum Gasteiger partial charge on any atom is -0.494 e. The highest BCUT2D eigenvalue weighted by atomic mass is 79.9. The lowest BCUT2D eigenvalue weighted by atomic mass is 10.2. The van der Waals surface area contributed by atoms with Crippen molar-refractivity contribution in [2.45, 2.75) is 26.3 Å². The zero-order chi connectivity index (χ0) is 19.6. The van der Waals surface area contributed by atoms with Gasteiger partial charge >= 0.3 is 0 Å². The average Bonchev–Trinajstić information content (AvgIpc) is 2.67. The standard InChI is InChI=1S/C20H22BrN3O3/c1-3-12-27-16-10-8-15(9-11-16)13-22-24-19(25)14(2)23-20(26)17-6-4-5-7-18(17)21/h4-11,13-14H,3,12H2,1-2H3,(H,23,26)(H,24,25). The van der Waals surface area contributed by atoms with Crippen LogP contribution in [0, 0.1) is 0 Å². The first kappa shape index (κ1) is 20.6. The third-order valence-corrected chi connectivity index (χ3v) is 4.29. The number of halogens is 1. The van der Waals surface area contributed by atoms with Crippen molar-refractivity contribution in [1.82, 2.24) is 10.7 Å². The fraction of sp³-hybridized carbons (Fsp3) is 0.250. The molecule has 0 spiro atoms. The van der Waals surface area contributed by atoms with Gasteiger partial charge in [-0.05, 0) is 71.2 Å². The van der Waals surface area contributed by atoms with E-state index >= 15 is 0 Å². The molecule has 0 aliphatic rings. The molecule has 0 aromatic heterocycles. The van der Waals surface area contributed by atoms with Gasteiger partial charge in [0.1, 0.15) is 11.8 Å². The number of rotatable bonds is 8. The minimum absolute atomic E-state index is 0.336. The van der Waals surface area contributed by atoms with Crippen LogP contribution in [0.4, 0.5) is 0 Å². The van der Waals surface area contributed by atoms with Crippen LogP contribution in [-0.4, -0.2) is 30.7 Å². The molecule has 7 heteroatoms. The zero-order valence-corrected chi connectivity index (χ0v) is 16.8. The highest BCUT2D eigenvalue weighted by molar-refractivity contribution is 9.10. The highest BCUT2D eigenvalue weighted by Gasteiger charge is 2.17. The van der Waals surface area contributed by atoms with E-state index in [2.05, 4.69) is 31.8 Å². The molecule has 27 heavy (non-hydrogen) atoms. The Morgan fingerprint density at radius 3 is 2.56 bits per heavy atom. The van der Waals surface area contributed by atoms with E-state index in [4.69, 9.17) is 4.74 Å². The number of hydrogen-bond donors (Lipinski definition) is 2. The predicted octanol–water partition coefficient (Wildman–Crippen LogP) is 3.51. The molecule has 0 heterocycles. The van der Waals surface area contributed by atoms with Crippen LogP contribution < -0.4 is 15.5 Å². The largest absolute Gasteiger partial charge is 0.494 e. The molecule has 1 unspecified atom stereocenters. The molecule has 2 amide bonds. The molecule has 0 fully saturated rings. The molecule has 2 N–H and O–H groups in total. The molecule has 0 aliphatic carbocycles. The van der Waals surface area contributed by atoms with Gasteiger partial charge in [-0.25, -0.2) is 5.43 Å². The van der Waals surface area contributed by atoms with Crippen LogP contribution in [0.15, 0.2) is 58.1 Å². The molecule has 142 valence electrons. The lowest BCUT2D eigenvalue weighted by Gasteiger charge is -2.12. The van der Waals surface area contributed by atoms with E-state index in [1.165, 1.54) is 6.21 Å². The molecular formula is C20H22BrN3O3. The molecule has 2 aromatic carbocycles. The van der Waals surface area contributed by atoms with Gasteiger partial charge in [0.2, 0.25) is 0 Å². The second kappa shape index (κ2) is 10.5. The first-order valence-corrected chi connectivity index (χ1v) is 9.41. The van der Waals surface area contributed by atoms with Gasteiger partial charge in [-0.2, -0.15) is 5.10 Å². The van der Waals surface area contributed by atoms with E-state index < -0.39 is 11.9 Å². The van der Waals surface area contributed by atoms with Crippen molar-refractivity contribution in [3.8, 4) is 5.75 Å². The smallest absolute Gasteiger partial charge is 0.262 e. The summed E-state index contributed by atoms with van der Waals surface area (Å²) in [7, 11) is 0. The monoisotopic (exact) mass is 431 g/mol. The van der Waals surface area contributed by atoms with Crippen LogP contribution in [0.25, 0.3) is 0 Å². The van der Waals surface area contributed by atoms with Crippen molar-refractivity contribution in [1.29, 1.82) is 0 Å². The molecule has 0 aliphatic heterocycles. The molecule has 2 aromatic rings. The van der Waals surface area contributed by atoms with Crippen LogP contribution in [-0.2, 0) is 4.79 Å². The maximum Gasteiger partial charge on any atom is 0.262 e. The molecule has 0 bridgehead atoms. The molecule has 1 atom stereocenters. The van der Waals surface area contributed by atoms with Crippen molar-refractivity contribution in [2.75, 3.05) is 6.61 Å². The van der Waals surface area contributed by atoms with E-state index in [1.54, 1.807) is 25.1 Å². The van der Waals surface area contributed by atoms with Gasteiger partial charge in [0.05, 0.1) is 18.4 Å². The van der Waals surface area contributed by atoms with Crippen molar-refractivity contribution in [3.63, 3.8) is 0 Å². The Hall–Kier alpha value is -2.67. The quantitative estimate of drug-likeness (QED) is 0.495. The third kappa shape index (κ3) is 6.53. The lowest BCUT2D eigenvalue weighted by Crippen LogP contribution is -2.43. The predicted molar refractivity (Wildman–Crippen MR) is 109 cm³/mol. The number of nitrogens with zero attached hydrogens (tertiary/aromatic N) is 1. The summed E-state index contributed by atoms with van der Waals surface area (Å²) in [6.07, 6.45) is 2.48. The lowest BCUT2D eigenvalue weighted by molar-refractivity contribution is -0.122. The Bertz CT molecular complexity index is 806. The molecule has 0 saturated heterocycles. The Labute approximate surface area is 167 Å². The van der Waals surface area contributed by atoms with Crippen LogP contribution in [0.3, 0.4) is 0 Å². The van der Waals surface area contributed by atoms with Gasteiger partial charge < -0.3 is 10.1 Å². The Morgan fingerprint density at radius 1 is 1.19 bits per heavy atom. The Kier molecular flexibility index (Phi) is 8.00. The summed E-state index contributed by atoms with van der Waals surface area (Å²) in [6, 6.07) is 13.7. The number of nitrogens with one attached hydrogen (secondary N) is 2. The number of hydrogen-bond acceptors (Lipinski definition) is 4. The summed E-state index contributed by atoms with van der Waals surface area (Å²) in [5, 5.41) is 6.57. The molecule has 0 saturated carbocycles. The number of hydrazone groups is 1. The summed E-state index contributed by atoms with van der Waals surface area (Å²) >= 11 is 3.32. The molecular weight excluding hydrogens is 410 g/mol. The summed E-state index contributed by atoms with van der Waals surface area (Å²) in [5.74, 6) is 0.0489. The number of amides is 2. The zero-order valence-electron chi connectivity index (χ0n) is 15.2. The van der Waals surface area contributed by atoms with Gasteiger partial charge in [-0.15, -0.1) is 0 Å². The highest BCUT2D eigenvalue weighted by Crippen LogP contribution is 2.15. The normalized spacial score (nSPS) is 11.8. The van der Waals surface area contributed by atoms with E-state index in [0.717, 1.165) is 17.7 Å². The Morgan fingerprint density at radius 2 is 1.89 bits per heavy atom. The average molecular weight is 432 g/mol. The second-order valence-corrected chi connectivity index (χ2v) is 6.68. The summed E-state index contributed by atoms with van der Waals surface area (Å²) in [6.45, 7) is 4.32. The van der Waals surface area contributed by atoms with Crippen molar-refractivity contribution in [2.24, 2.45) is 5.10 Å². The van der Waals surface area contributed by atoms with E-state index in [0.29, 0.717) is 16.6 Å². The number of carbonyl (C=O) groups excluding carboxylic acids is 2. The summed E-state index contributed by atoms with van der Waals surface area (Å²) in [4.78, 5) is 24.3. The topological polar surface area (TPSA) is 79.8 Å². The van der Waals surface area contributed by atoms with Gasteiger partial charge in [0.25, 0.3) is 11.8 Å². The van der Waals surface area contributed by atoms with Crippen molar-refractivity contribution in [3.05, 3.63) is 64.1 Å². The van der Waals surface area contributed by atoms with Gasteiger partial charge in [-0.1, -0.05) is 19.1 Å². The van der Waals surface area contributed by atoms with Crippen LogP contribution >= 0.6 is 15.9 Å². The SMILES string of the molecule is CCCOc1ccc(C=NNC(=O)C(C)NC(=O)c2ccccc2Br)cc1. The fourth-order valence-electron chi connectivity index (χ4n) is 2.12. The van der Waals surface area contributed by atoms with Crippen LogP contribution in [0.5, 0.6) is 5.75 Å². The van der Waals surface area contributed by atoms with E-state index in [1.807, 2.05) is 37.3 Å². The number of benzene rings is 2. The number of ether oxygens (including phenoxy) is 1. The molecule has 6 nitrogen and oxygen atoms in total. The minimum atomic E-state index is -0.730. The van der Waals surface area contributed by atoms with Gasteiger partial charge in [0.15, 0.2) is 0 Å². The van der Waals surface area contributed by atoms with Gasteiger partial charge in [-0.3, -0.25) is 9.59 Å². The third-order valence-electron chi connectivity index (χ3n) is 3.60. The van der Waals surface area contributed by atoms with Crippen molar-refractivity contribution >= 4 is 34.0 Å². The van der Waals surface area contributed by atoms with Crippen LogP contribution in [0.1, 0.15) is 36.2 Å². The first-order valence-electron chi connectivity index (χ1n) is 8.62. The summed E-state index contributed by atoms with van der Waals surface area (Å²) in [5.41, 5.74) is 3.71. The molecule has 2 rings (SSSR count). The first-order chi connectivity index (χ1) is 13.0. The summed E-state index contributed by atoms with van der Waals surface area (Å²) < 4.78 is 6.17. The van der Waals surface area contributed by atoms with E-state index in [9.17, 15) is 9.59 Å².